The van der Waals surface area contributed by atoms with Crippen molar-refractivity contribution < 1.29 is 22.7 Å². The van der Waals surface area contributed by atoms with E-state index >= 15 is 0 Å². The lowest BCUT2D eigenvalue weighted by molar-refractivity contribution is -0.607. The number of hydrogen-bond acceptors (Lipinski definition) is 2. The molecule has 2 aromatic rings. The monoisotopic (exact) mass is 299 g/mol. The van der Waals surface area contributed by atoms with Gasteiger partial charge in [-0.25, -0.2) is 9.30 Å². The molecule has 2 rings (SSSR count). The van der Waals surface area contributed by atoms with Crippen molar-refractivity contribution >= 4 is 11.6 Å². The first-order chi connectivity index (χ1) is 9.70. The highest BCUT2D eigenvalue weighted by Gasteiger charge is 2.30. The number of rotatable bonds is 2. The Balaban J connectivity index is 2.20. The number of halogens is 3. The zero-order valence-corrected chi connectivity index (χ0v) is 11.2. The Hall–Kier alpha value is -2.51. The normalized spacial score (nSPS) is 11.5. The van der Waals surface area contributed by atoms with Crippen molar-refractivity contribution in [3.8, 4) is 0 Å². The molecule has 1 heterocycles. The molecule has 0 spiro atoms. The van der Waals surface area contributed by atoms with Crippen LogP contribution in [0.1, 0.15) is 21.7 Å². The highest BCUT2D eigenvalue weighted by molar-refractivity contribution is 6.02. The van der Waals surface area contributed by atoms with E-state index in [0.717, 1.165) is 24.3 Å². The second-order valence-corrected chi connectivity index (χ2v) is 4.52. The van der Waals surface area contributed by atoms with Gasteiger partial charge in [-0.1, -0.05) is 0 Å². The summed E-state index contributed by atoms with van der Waals surface area (Å²) in [6.07, 6.45) is -3.24. The summed E-state index contributed by atoms with van der Waals surface area (Å²) in [6.45, 7) is 1.59. The summed E-state index contributed by atoms with van der Waals surface area (Å²) in [7, 11) is 1.61. The van der Waals surface area contributed by atoms with Crippen LogP contribution >= 0.6 is 0 Å². The fraction of sp³-hybridized carbons (Fsp3) is 0.231. The van der Waals surface area contributed by atoms with Crippen molar-refractivity contribution in [2.45, 2.75) is 13.1 Å². The predicted octanol–water partition coefficient (Wildman–Crippen LogP) is 2.24. The van der Waals surface area contributed by atoms with Crippen molar-refractivity contribution in [2.75, 3.05) is 5.32 Å². The van der Waals surface area contributed by atoms with Crippen LogP contribution in [0.25, 0.3) is 0 Å². The summed E-state index contributed by atoms with van der Waals surface area (Å²) in [4.78, 5) is 12.0. The zero-order valence-electron chi connectivity index (χ0n) is 11.2. The van der Waals surface area contributed by atoms with Gasteiger partial charge in [-0.15, -0.1) is 0 Å². The lowest BCUT2D eigenvalue weighted by Crippen LogP contribution is -2.34. The zero-order chi connectivity index (χ0) is 15.8. The van der Waals surface area contributed by atoms with E-state index in [1.807, 2.05) is 0 Å². The van der Waals surface area contributed by atoms with E-state index in [1.165, 1.54) is 10.9 Å². The number of imidazole rings is 1. The maximum Gasteiger partial charge on any atom is 0.416 e. The number of aryl methyl sites for hydroxylation is 1. The van der Waals surface area contributed by atoms with Crippen molar-refractivity contribution in [3.05, 3.63) is 52.8 Å². The Labute approximate surface area is 118 Å². The van der Waals surface area contributed by atoms with Crippen LogP contribution in [-0.4, -0.2) is 10.5 Å². The minimum absolute atomic E-state index is 0.0996. The molecule has 0 bridgehead atoms. The molecule has 1 amide bonds. The van der Waals surface area contributed by atoms with E-state index in [1.54, 1.807) is 14.0 Å². The van der Waals surface area contributed by atoms with E-state index in [2.05, 4.69) is 5.32 Å². The van der Waals surface area contributed by atoms with Gasteiger partial charge in [-0.2, -0.15) is 13.2 Å². The first kappa shape index (κ1) is 14.9. The maximum absolute atomic E-state index is 12.4. The number of benzene rings is 1. The predicted molar refractivity (Wildman–Crippen MR) is 68.5 cm³/mol. The molecule has 1 aromatic carbocycles. The van der Waals surface area contributed by atoms with Gasteiger partial charge in [-0.05, 0) is 24.3 Å². The molecule has 8 heteroatoms. The van der Waals surface area contributed by atoms with Crippen LogP contribution in [0.4, 0.5) is 18.9 Å². The summed E-state index contributed by atoms with van der Waals surface area (Å²) in [5.74, 6) is -0.678. The Kier molecular flexibility index (Phi) is 3.63. The number of alkyl halides is 3. The topological polar surface area (TPSA) is 61.0 Å². The molecule has 21 heavy (non-hydrogen) atoms. The average molecular weight is 299 g/mol. The van der Waals surface area contributed by atoms with Gasteiger partial charge in [0.05, 0.1) is 12.6 Å². The van der Waals surface area contributed by atoms with Gasteiger partial charge in [0.15, 0.2) is 5.69 Å². The maximum atomic E-state index is 12.4. The third-order valence-electron chi connectivity index (χ3n) is 3.06. The molecule has 0 aliphatic rings. The third-order valence-corrected chi connectivity index (χ3v) is 3.06. The Morgan fingerprint density at radius 3 is 2.29 bits per heavy atom. The molecule has 5 nitrogen and oxygen atoms in total. The van der Waals surface area contributed by atoms with Gasteiger partial charge in [0.2, 0.25) is 12.0 Å². The Morgan fingerprint density at radius 1 is 1.29 bits per heavy atom. The van der Waals surface area contributed by atoms with Gasteiger partial charge >= 0.3 is 6.18 Å². The first-order valence-corrected chi connectivity index (χ1v) is 5.94. The second-order valence-electron chi connectivity index (χ2n) is 4.52. The number of aromatic nitrogens is 2. The molecular weight excluding hydrogens is 287 g/mol. The van der Waals surface area contributed by atoms with Gasteiger partial charge < -0.3 is 10.5 Å². The summed E-state index contributed by atoms with van der Waals surface area (Å²) in [5, 5.41) is 14.0. The fourth-order valence-electron chi connectivity index (χ4n) is 1.83. The van der Waals surface area contributed by atoms with Crippen LogP contribution in [0.15, 0.2) is 30.6 Å². The van der Waals surface area contributed by atoms with Crippen LogP contribution in [0, 0.1) is 12.1 Å². The molecule has 1 aromatic heterocycles. The molecule has 0 saturated carbocycles. The van der Waals surface area contributed by atoms with Crippen molar-refractivity contribution in [2.24, 2.45) is 7.05 Å². The van der Waals surface area contributed by atoms with Crippen molar-refractivity contribution in [3.63, 3.8) is 0 Å². The number of amides is 1. The summed E-state index contributed by atoms with van der Waals surface area (Å²) < 4.78 is 39.2. The summed E-state index contributed by atoms with van der Waals surface area (Å²) in [5.41, 5.74) is -0.279. The molecule has 0 unspecified atom stereocenters. The van der Waals surface area contributed by atoms with Gasteiger partial charge in [0.25, 0.3) is 5.91 Å². The molecule has 112 valence electrons. The highest BCUT2D eigenvalue weighted by Crippen LogP contribution is 2.29. The molecule has 0 aliphatic heterocycles. The van der Waals surface area contributed by atoms with Crippen molar-refractivity contribution in [1.29, 1.82) is 0 Å². The minimum atomic E-state index is -4.43. The largest absolute Gasteiger partial charge is 0.710 e. The Morgan fingerprint density at radius 2 is 1.86 bits per heavy atom. The summed E-state index contributed by atoms with van der Waals surface area (Å²) >= 11 is 0. The minimum Gasteiger partial charge on any atom is -0.710 e. The van der Waals surface area contributed by atoms with E-state index in [-0.39, 0.29) is 11.4 Å². The third kappa shape index (κ3) is 2.99. The number of nitrogens with zero attached hydrogens (tertiary/aromatic N) is 2. The quantitative estimate of drug-likeness (QED) is 0.683. The molecule has 0 radical (unpaired) electrons. The van der Waals surface area contributed by atoms with Crippen molar-refractivity contribution in [1.82, 2.24) is 4.57 Å². The van der Waals surface area contributed by atoms with Crippen LogP contribution in [-0.2, 0) is 13.2 Å². The van der Waals surface area contributed by atoms with E-state index in [4.69, 9.17) is 0 Å². The fourth-order valence-corrected chi connectivity index (χ4v) is 1.83. The summed E-state index contributed by atoms with van der Waals surface area (Å²) in [6, 6.07) is 3.99. The van der Waals surface area contributed by atoms with Crippen LogP contribution in [0.3, 0.4) is 0 Å². The SMILES string of the molecule is Cc1c(C(=O)Nc2ccc(C(F)(F)F)cc2)[n+]([O-])cn1C. The van der Waals surface area contributed by atoms with Crippen LogP contribution in [0.2, 0.25) is 0 Å². The standard InChI is InChI=1S/C13H12F3N3O2/c1-8-11(19(21)7-18(8)2)12(20)17-10-5-3-9(4-6-10)13(14,15)16/h3-7H,1-2H3,(H,17,20). The number of carbonyl (C=O) groups is 1. The Bertz CT molecular complexity index is 675. The number of anilines is 1. The van der Waals surface area contributed by atoms with E-state index in [0.29, 0.717) is 10.4 Å². The van der Waals surface area contributed by atoms with Gasteiger partial charge in [-0.3, -0.25) is 4.79 Å². The van der Waals surface area contributed by atoms with E-state index in [9.17, 15) is 23.2 Å². The number of nitrogens with one attached hydrogen (secondary N) is 1. The molecule has 0 aliphatic carbocycles. The van der Waals surface area contributed by atoms with Gasteiger partial charge in [0.1, 0.15) is 0 Å². The average Bonchev–Trinajstić information content (AvgIpc) is 2.62. The smallest absolute Gasteiger partial charge is 0.416 e. The van der Waals surface area contributed by atoms with Crippen LogP contribution < -0.4 is 10.0 Å². The lowest BCUT2D eigenvalue weighted by atomic mass is 10.2. The second kappa shape index (κ2) is 5.12. The lowest BCUT2D eigenvalue weighted by Gasteiger charge is -2.09. The van der Waals surface area contributed by atoms with E-state index < -0.39 is 17.6 Å². The molecular formula is C13H12F3N3O2. The molecule has 0 atom stereocenters. The molecule has 0 saturated heterocycles. The number of carbonyl (C=O) groups excluding carboxylic acids is 1. The highest BCUT2D eigenvalue weighted by atomic mass is 19.4. The van der Waals surface area contributed by atoms with Crippen LogP contribution in [0.5, 0.6) is 0 Å². The van der Waals surface area contributed by atoms with Gasteiger partial charge in [0, 0.05) is 12.6 Å². The first-order valence-electron chi connectivity index (χ1n) is 5.94. The molecule has 1 N–H and O–H groups in total. The number of hydrogen-bond donors (Lipinski definition) is 1. The molecule has 0 fully saturated rings.